The van der Waals surface area contributed by atoms with Crippen molar-refractivity contribution >= 4 is 74.0 Å². The van der Waals surface area contributed by atoms with Gasteiger partial charge in [-0.3, -0.25) is 43.9 Å². The van der Waals surface area contributed by atoms with Gasteiger partial charge in [-0.1, -0.05) is 110 Å². The predicted octanol–water partition coefficient (Wildman–Crippen LogP) is 3.34. The molecule has 4 rings (SSSR count). The molecule has 21 nitrogen and oxygen atoms in total. The average molecular weight is 1030 g/mol. The van der Waals surface area contributed by atoms with Crippen LogP contribution in [0.1, 0.15) is 133 Å². The molecule has 5 unspecified atom stereocenters. The van der Waals surface area contributed by atoms with Crippen LogP contribution in [0.3, 0.4) is 0 Å². The Kier molecular flexibility index (Phi) is 20.8. The lowest BCUT2D eigenvalue weighted by Crippen LogP contribution is -2.71. The van der Waals surface area contributed by atoms with Crippen molar-refractivity contribution in [2.24, 2.45) is 17.8 Å². The van der Waals surface area contributed by atoms with Crippen LogP contribution in [0.15, 0.2) is 47.2 Å². The van der Waals surface area contributed by atoms with E-state index in [0.29, 0.717) is 24.2 Å². The molecule has 0 saturated heterocycles. The highest BCUT2D eigenvalue weighted by Gasteiger charge is 2.48. The molecule has 71 heavy (non-hydrogen) atoms. The molecule has 0 aliphatic heterocycles. The van der Waals surface area contributed by atoms with Crippen molar-refractivity contribution < 1.29 is 55.6 Å². The van der Waals surface area contributed by atoms with Crippen molar-refractivity contribution in [3.05, 3.63) is 59.7 Å². The second-order valence-electron chi connectivity index (χ2n) is 18.9. The number of anilines is 1. The van der Waals surface area contributed by atoms with E-state index in [9.17, 15) is 55.6 Å². The maximum absolute atomic E-state index is 15.0. The molecule has 0 radical (unpaired) electrons. The Labute approximate surface area is 415 Å². The van der Waals surface area contributed by atoms with Crippen LogP contribution in [0, 0.1) is 17.8 Å². The quantitative estimate of drug-likeness (QED) is 0.0277. The van der Waals surface area contributed by atoms with E-state index in [1.54, 1.807) is 52.0 Å². The molecule has 1 fully saturated rings. The van der Waals surface area contributed by atoms with Crippen LogP contribution >= 0.6 is 11.3 Å². The molecule has 7 N–H and O–H groups in total. The lowest BCUT2D eigenvalue weighted by Gasteiger charge is -2.37. The minimum absolute atomic E-state index is 0.0231. The molecular weight excluding hydrogens is 969 g/mol. The van der Waals surface area contributed by atoms with Gasteiger partial charge >= 0.3 is 0 Å². The largest absolute Gasteiger partial charge is 0.344 e. The number of aromatic nitrogens is 4. The fourth-order valence-corrected chi connectivity index (χ4v) is 10.0. The number of hydrogen-bond acceptors (Lipinski definition) is 15. The molecule has 5 atom stereocenters. The standard InChI is InChI=1S/C46H63F2N11O10S2/c1-8-27(4)35(40(65)53-32(22-28-12-10-9-11-13-28)38(63)52-31(23-34(47)48)36(61)41(66)51-20-21-60)54-42(67)46(24-26(2)3,56-39(64)33-25-49-18-19-50-33)59-71(68,69)44-58-57-43(70-44)55-37(62)29-14-16-30(17-15-29)45(5,6)7/h14-19,21,25-28,31-32,34-35,59H,8-13,20,22-24H2,1-7H3,(H,51,66)(H,52,63)(H,53,65)(H,54,67)(H,56,64)(H,55,57,62). The van der Waals surface area contributed by atoms with Gasteiger partial charge in [0.05, 0.1) is 12.7 Å². The number of Topliss-reactive ketones (excluding diaryl/α,β-unsaturated/α-hetero) is 1. The number of carbonyl (C=O) groups is 8. The van der Waals surface area contributed by atoms with E-state index < -0.39 is 117 Å². The molecule has 2 heterocycles. The third-order valence-electron chi connectivity index (χ3n) is 11.7. The smallest absolute Gasteiger partial charge is 0.289 e. The van der Waals surface area contributed by atoms with Gasteiger partial charge in [0.25, 0.3) is 33.7 Å². The van der Waals surface area contributed by atoms with Crippen molar-refractivity contribution in [1.29, 1.82) is 0 Å². The highest BCUT2D eigenvalue weighted by Crippen LogP contribution is 2.29. The maximum Gasteiger partial charge on any atom is 0.289 e. The molecule has 6 amide bonds. The van der Waals surface area contributed by atoms with E-state index in [2.05, 4.69) is 51.5 Å². The Morgan fingerprint density at radius 1 is 0.873 bits per heavy atom. The summed E-state index contributed by atoms with van der Waals surface area (Å²) in [6.07, 6.45) is 2.96. The second kappa shape index (κ2) is 25.8. The molecule has 1 aliphatic rings. The van der Waals surface area contributed by atoms with Crippen molar-refractivity contribution in [3.63, 3.8) is 0 Å². The number of benzene rings is 1. The summed E-state index contributed by atoms with van der Waals surface area (Å²) in [5.74, 6) is -9.25. The summed E-state index contributed by atoms with van der Waals surface area (Å²) < 4.78 is 57.8. The molecule has 25 heteroatoms. The molecule has 3 aromatic rings. The summed E-state index contributed by atoms with van der Waals surface area (Å²) in [5, 5.41) is 21.7. The third kappa shape index (κ3) is 16.7. The minimum atomic E-state index is -4.95. The number of sulfonamides is 1. The summed E-state index contributed by atoms with van der Waals surface area (Å²) >= 11 is 0.449. The number of halogens is 2. The van der Waals surface area contributed by atoms with Crippen LogP contribution in [-0.4, -0.2) is 113 Å². The normalized spacial score (nSPS) is 15.8. The van der Waals surface area contributed by atoms with Crippen LogP contribution in [0.5, 0.6) is 0 Å². The van der Waals surface area contributed by atoms with Gasteiger partial charge in [0.15, 0.2) is 5.66 Å². The maximum atomic E-state index is 15.0. The molecule has 2 aromatic heterocycles. The SMILES string of the molecule is CCC(C)C(NC(=O)C(CC(C)C)(NC(=O)c1cnccn1)NS(=O)(=O)c1nnc(NC(=O)c2ccc(C(C)(C)C)cc2)s1)C(=O)NC(CC1CCCCC1)C(=O)NC(CC(F)F)C(=O)C(=O)NCC=O. The van der Waals surface area contributed by atoms with Gasteiger partial charge in [0.1, 0.15) is 30.1 Å². The number of rotatable bonds is 25. The zero-order valence-corrected chi connectivity index (χ0v) is 42.3. The first-order chi connectivity index (χ1) is 33.4. The lowest BCUT2D eigenvalue weighted by molar-refractivity contribution is -0.141. The van der Waals surface area contributed by atoms with Crippen LogP contribution in [0.4, 0.5) is 13.9 Å². The zero-order chi connectivity index (χ0) is 52.7. The highest BCUT2D eigenvalue weighted by atomic mass is 32.2. The molecule has 1 aromatic carbocycles. The molecule has 1 aliphatic carbocycles. The van der Waals surface area contributed by atoms with Gasteiger partial charge in [0.2, 0.25) is 33.5 Å². The number of nitrogens with one attached hydrogen (secondary N) is 7. The molecule has 0 spiro atoms. The molecule has 1 saturated carbocycles. The number of ketones is 1. The minimum Gasteiger partial charge on any atom is -0.344 e. The molecular formula is C46H63F2N11O10S2. The number of hydrogen-bond donors (Lipinski definition) is 7. The Morgan fingerprint density at radius 3 is 2.11 bits per heavy atom. The van der Waals surface area contributed by atoms with E-state index in [1.165, 1.54) is 12.4 Å². The van der Waals surface area contributed by atoms with Crippen LogP contribution in [0.25, 0.3) is 0 Å². The van der Waals surface area contributed by atoms with E-state index in [-0.39, 0.29) is 46.8 Å². The van der Waals surface area contributed by atoms with Gasteiger partial charge in [0, 0.05) is 24.4 Å². The van der Waals surface area contributed by atoms with E-state index in [0.717, 1.165) is 31.0 Å². The van der Waals surface area contributed by atoms with E-state index in [1.807, 2.05) is 26.1 Å². The topological polar surface area (TPSA) is 306 Å². The lowest BCUT2D eigenvalue weighted by atomic mass is 9.84. The summed E-state index contributed by atoms with van der Waals surface area (Å²) in [6.45, 7) is 12.0. The van der Waals surface area contributed by atoms with Crippen LogP contribution < -0.4 is 36.6 Å². The Morgan fingerprint density at radius 2 is 1.54 bits per heavy atom. The van der Waals surface area contributed by atoms with Gasteiger partial charge in [-0.05, 0) is 53.7 Å². The average Bonchev–Trinajstić information content (AvgIpc) is 3.80. The van der Waals surface area contributed by atoms with Crippen molar-refractivity contribution in [2.75, 3.05) is 11.9 Å². The van der Waals surface area contributed by atoms with Crippen LogP contribution in [0.2, 0.25) is 0 Å². The highest BCUT2D eigenvalue weighted by molar-refractivity contribution is 7.91. The van der Waals surface area contributed by atoms with Gasteiger partial charge in [-0.25, -0.2) is 22.2 Å². The number of aldehydes is 1. The van der Waals surface area contributed by atoms with Crippen molar-refractivity contribution in [2.45, 2.75) is 146 Å². The Balaban J connectivity index is 1.71. The fourth-order valence-electron chi connectivity index (χ4n) is 7.81. The van der Waals surface area contributed by atoms with Gasteiger partial charge in [-0.15, -0.1) is 10.2 Å². The first-order valence-electron chi connectivity index (χ1n) is 23.2. The first-order valence-corrected chi connectivity index (χ1v) is 25.5. The summed E-state index contributed by atoms with van der Waals surface area (Å²) in [7, 11) is -4.95. The Hall–Kier alpha value is -6.21. The summed E-state index contributed by atoms with van der Waals surface area (Å²) in [6, 6.07) is 1.67. The number of alkyl halides is 2. The van der Waals surface area contributed by atoms with Gasteiger partial charge in [-0.2, -0.15) is 4.72 Å². The van der Waals surface area contributed by atoms with E-state index >= 15 is 0 Å². The number of carbonyl (C=O) groups excluding carboxylic acids is 8. The monoisotopic (exact) mass is 1030 g/mol. The first kappa shape index (κ1) is 57.4. The third-order valence-corrected chi connectivity index (χ3v) is 14.4. The summed E-state index contributed by atoms with van der Waals surface area (Å²) in [5.41, 5.74) is -1.91. The van der Waals surface area contributed by atoms with Crippen LogP contribution in [-0.2, 0) is 44.2 Å². The molecule has 0 bridgehead atoms. The Bertz CT molecular complexity index is 2470. The molecule has 388 valence electrons. The number of nitrogens with zero attached hydrogens (tertiary/aromatic N) is 4. The van der Waals surface area contributed by atoms with Gasteiger partial charge < -0.3 is 31.4 Å². The van der Waals surface area contributed by atoms with Crippen molar-refractivity contribution in [3.8, 4) is 0 Å². The second-order valence-corrected chi connectivity index (χ2v) is 21.7. The zero-order valence-electron chi connectivity index (χ0n) is 40.7. The summed E-state index contributed by atoms with van der Waals surface area (Å²) in [4.78, 5) is 115. The van der Waals surface area contributed by atoms with E-state index in [4.69, 9.17) is 0 Å². The fraction of sp³-hybridized carbons (Fsp3) is 0.565. The predicted molar refractivity (Wildman–Crippen MR) is 256 cm³/mol. The number of amides is 6. The van der Waals surface area contributed by atoms with Crippen molar-refractivity contribution in [1.82, 2.24) is 51.5 Å².